The van der Waals surface area contributed by atoms with Gasteiger partial charge in [0.15, 0.2) is 9.84 Å². The fraction of sp³-hybridized carbons (Fsp3) is 0.727. The van der Waals surface area contributed by atoms with E-state index >= 15 is 0 Å². The number of aromatic nitrogens is 1. The summed E-state index contributed by atoms with van der Waals surface area (Å²) in [6.45, 7) is 6.31. The van der Waals surface area contributed by atoms with E-state index in [1.165, 1.54) is 4.88 Å². The summed E-state index contributed by atoms with van der Waals surface area (Å²) in [5.41, 5.74) is 0. The van der Waals surface area contributed by atoms with Crippen LogP contribution in [0, 0.1) is 0 Å². The van der Waals surface area contributed by atoms with Crippen molar-refractivity contribution in [3.63, 3.8) is 0 Å². The third-order valence-electron chi connectivity index (χ3n) is 2.50. The van der Waals surface area contributed by atoms with Gasteiger partial charge in [-0.3, -0.25) is 0 Å². The Balaban J connectivity index is 2.40. The molecule has 0 saturated heterocycles. The van der Waals surface area contributed by atoms with Crippen molar-refractivity contribution >= 4 is 21.2 Å². The van der Waals surface area contributed by atoms with Gasteiger partial charge in [0, 0.05) is 29.4 Å². The van der Waals surface area contributed by atoms with Crippen molar-refractivity contribution in [2.45, 2.75) is 39.8 Å². The number of thiazole rings is 1. The summed E-state index contributed by atoms with van der Waals surface area (Å²) < 4.78 is 22.8. The Bertz CT molecular complexity index is 440. The molecule has 0 aliphatic carbocycles. The molecule has 1 heterocycles. The van der Waals surface area contributed by atoms with Crippen LogP contribution in [0.15, 0.2) is 6.20 Å². The quantitative estimate of drug-likeness (QED) is 0.822. The summed E-state index contributed by atoms with van der Waals surface area (Å²) in [7, 11) is -2.90. The third kappa shape index (κ3) is 5.14. The molecule has 1 rings (SSSR count). The molecule has 0 amide bonds. The molecule has 6 heteroatoms. The standard InChI is InChI=1S/C11H20N2O2S2/c1-4-10-6-13-11(16-10)7-12-9(3)8-17(14,15)5-2/h6,9,12H,4-5,7-8H2,1-3H3. The second-order valence-electron chi connectivity index (χ2n) is 4.05. The monoisotopic (exact) mass is 276 g/mol. The molecule has 0 spiro atoms. The minimum absolute atomic E-state index is 0.0334. The van der Waals surface area contributed by atoms with Crippen LogP contribution in [-0.4, -0.2) is 30.9 Å². The molecule has 1 aromatic rings. The van der Waals surface area contributed by atoms with E-state index in [2.05, 4.69) is 17.2 Å². The lowest BCUT2D eigenvalue weighted by atomic mass is 10.4. The molecule has 0 aliphatic rings. The van der Waals surface area contributed by atoms with Crippen molar-refractivity contribution in [2.24, 2.45) is 0 Å². The van der Waals surface area contributed by atoms with Gasteiger partial charge in [0.1, 0.15) is 5.01 Å². The van der Waals surface area contributed by atoms with Gasteiger partial charge in [0.25, 0.3) is 0 Å². The Morgan fingerprint density at radius 2 is 2.18 bits per heavy atom. The van der Waals surface area contributed by atoms with Crippen LogP contribution in [0.3, 0.4) is 0 Å². The van der Waals surface area contributed by atoms with E-state index in [1.807, 2.05) is 13.1 Å². The van der Waals surface area contributed by atoms with E-state index in [-0.39, 0.29) is 17.5 Å². The largest absolute Gasteiger partial charge is 0.307 e. The highest BCUT2D eigenvalue weighted by Crippen LogP contribution is 2.13. The van der Waals surface area contributed by atoms with Crippen LogP contribution in [0.5, 0.6) is 0 Å². The van der Waals surface area contributed by atoms with Crippen LogP contribution in [0.25, 0.3) is 0 Å². The zero-order chi connectivity index (χ0) is 12.9. The lowest BCUT2D eigenvalue weighted by molar-refractivity contribution is 0.556. The van der Waals surface area contributed by atoms with Gasteiger partial charge in [-0.1, -0.05) is 13.8 Å². The first kappa shape index (κ1) is 14.6. The lowest BCUT2D eigenvalue weighted by Crippen LogP contribution is -2.33. The number of rotatable bonds is 7. The molecular formula is C11H20N2O2S2. The summed E-state index contributed by atoms with van der Waals surface area (Å²) in [5, 5.41) is 4.21. The second-order valence-corrected chi connectivity index (χ2v) is 7.65. The van der Waals surface area contributed by atoms with Gasteiger partial charge in [0.2, 0.25) is 0 Å². The maximum absolute atomic E-state index is 11.4. The number of nitrogens with one attached hydrogen (secondary N) is 1. The first-order valence-corrected chi connectivity index (χ1v) is 8.48. The van der Waals surface area contributed by atoms with Crippen LogP contribution < -0.4 is 5.32 Å². The highest BCUT2D eigenvalue weighted by atomic mass is 32.2. The fourth-order valence-electron chi connectivity index (χ4n) is 1.41. The first-order chi connectivity index (χ1) is 7.96. The molecular weight excluding hydrogens is 256 g/mol. The summed E-state index contributed by atoms with van der Waals surface area (Å²) in [5.74, 6) is 0.395. The highest BCUT2D eigenvalue weighted by molar-refractivity contribution is 7.91. The first-order valence-electron chi connectivity index (χ1n) is 5.84. The molecule has 0 aromatic carbocycles. The third-order valence-corrected chi connectivity index (χ3v) is 5.52. The van der Waals surface area contributed by atoms with Gasteiger partial charge in [-0.2, -0.15) is 0 Å². The van der Waals surface area contributed by atoms with Gasteiger partial charge >= 0.3 is 0 Å². The smallest absolute Gasteiger partial charge is 0.151 e. The Morgan fingerprint density at radius 1 is 1.47 bits per heavy atom. The molecule has 1 atom stereocenters. The van der Waals surface area contributed by atoms with Crippen LogP contribution in [0.2, 0.25) is 0 Å². The van der Waals surface area contributed by atoms with Gasteiger partial charge in [-0.15, -0.1) is 11.3 Å². The molecule has 0 saturated carbocycles. The van der Waals surface area contributed by atoms with Crippen molar-refractivity contribution in [3.8, 4) is 0 Å². The summed E-state index contributed by atoms with van der Waals surface area (Å²) in [6, 6.07) is -0.0334. The van der Waals surface area contributed by atoms with Crippen molar-refractivity contribution in [1.82, 2.24) is 10.3 Å². The van der Waals surface area contributed by atoms with Crippen molar-refractivity contribution in [2.75, 3.05) is 11.5 Å². The SMILES string of the molecule is CCc1cnc(CNC(C)CS(=O)(=O)CC)s1. The maximum atomic E-state index is 11.4. The Labute approximate surface area is 107 Å². The van der Waals surface area contributed by atoms with Gasteiger partial charge < -0.3 is 5.32 Å². The predicted octanol–water partition coefficient (Wildman–Crippen LogP) is 1.62. The van der Waals surface area contributed by atoms with E-state index < -0.39 is 9.84 Å². The van der Waals surface area contributed by atoms with E-state index in [0.29, 0.717) is 6.54 Å². The molecule has 0 bridgehead atoms. The van der Waals surface area contributed by atoms with Crippen LogP contribution >= 0.6 is 11.3 Å². The fourth-order valence-corrected chi connectivity index (χ4v) is 3.34. The predicted molar refractivity (Wildman–Crippen MR) is 72.1 cm³/mol. The van der Waals surface area contributed by atoms with E-state index in [1.54, 1.807) is 18.3 Å². The minimum Gasteiger partial charge on any atom is -0.307 e. The van der Waals surface area contributed by atoms with E-state index in [0.717, 1.165) is 11.4 Å². The molecule has 17 heavy (non-hydrogen) atoms. The van der Waals surface area contributed by atoms with Crippen molar-refractivity contribution in [3.05, 3.63) is 16.1 Å². The van der Waals surface area contributed by atoms with Crippen LogP contribution in [0.4, 0.5) is 0 Å². The number of hydrogen-bond acceptors (Lipinski definition) is 5. The van der Waals surface area contributed by atoms with Gasteiger partial charge in [-0.25, -0.2) is 13.4 Å². The summed E-state index contributed by atoms with van der Waals surface area (Å²) >= 11 is 1.68. The molecule has 0 fully saturated rings. The molecule has 98 valence electrons. The Hall–Kier alpha value is -0.460. The number of aryl methyl sites for hydroxylation is 1. The average Bonchev–Trinajstić information content (AvgIpc) is 2.74. The Kier molecular flexibility index (Phi) is 5.55. The molecule has 1 aromatic heterocycles. The number of hydrogen-bond donors (Lipinski definition) is 1. The Morgan fingerprint density at radius 3 is 2.71 bits per heavy atom. The van der Waals surface area contributed by atoms with Gasteiger partial charge in [0.05, 0.1) is 5.75 Å². The molecule has 1 unspecified atom stereocenters. The average molecular weight is 276 g/mol. The van der Waals surface area contributed by atoms with E-state index in [9.17, 15) is 8.42 Å². The van der Waals surface area contributed by atoms with E-state index in [4.69, 9.17) is 0 Å². The molecule has 4 nitrogen and oxygen atoms in total. The normalized spacial score (nSPS) is 13.8. The summed E-state index contributed by atoms with van der Waals surface area (Å²) in [6.07, 6.45) is 2.88. The summed E-state index contributed by atoms with van der Waals surface area (Å²) in [4.78, 5) is 5.54. The lowest BCUT2D eigenvalue weighted by Gasteiger charge is -2.12. The zero-order valence-electron chi connectivity index (χ0n) is 10.6. The van der Waals surface area contributed by atoms with Crippen LogP contribution in [-0.2, 0) is 22.8 Å². The number of sulfone groups is 1. The van der Waals surface area contributed by atoms with Crippen LogP contribution in [0.1, 0.15) is 30.7 Å². The zero-order valence-corrected chi connectivity index (χ0v) is 12.2. The molecule has 0 radical (unpaired) electrons. The molecule has 1 N–H and O–H groups in total. The topological polar surface area (TPSA) is 59.1 Å². The number of nitrogens with zero attached hydrogens (tertiary/aromatic N) is 1. The van der Waals surface area contributed by atoms with Gasteiger partial charge in [-0.05, 0) is 13.3 Å². The minimum atomic E-state index is -2.90. The maximum Gasteiger partial charge on any atom is 0.151 e. The highest BCUT2D eigenvalue weighted by Gasteiger charge is 2.13. The van der Waals surface area contributed by atoms with Crippen molar-refractivity contribution in [1.29, 1.82) is 0 Å². The molecule has 0 aliphatic heterocycles. The van der Waals surface area contributed by atoms with Crippen molar-refractivity contribution < 1.29 is 8.42 Å². The second kappa shape index (κ2) is 6.47.